The Labute approximate surface area is 280 Å². The topological polar surface area (TPSA) is 49.4 Å². The number of aliphatic imine (C=N–C) groups is 4. The number of nitrogens with zero attached hydrogens (tertiary/aromatic N) is 4. The van der Waals surface area contributed by atoms with E-state index in [1.807, 2.05) is 0 Å². The van der Waals surface area contributed by atoms with Crippen LogP contribution in [0.4, 0.5) is 22.7 Å². The molecule has 0 atom stereocenters. The molecule has 246 valence electrons. The minimum Gasteiger partial charge on any atom is -0.251 e. The third-order valence-electron chi connectivity index (χ3n) is 9.40. The molecule has 3 rings (SSSR count). The molecular formula is C42H58N4. The average molecular weight is 619 g/mol. The van der Waals surface area contributed by atoms with Gasteiger partial charge in [0.15, 0.2) is 0 Å². The van der Waals surface area contributed by atoms with Crippen molar-refractivity contribution >= 4 is 45.6 Å². The molecule has 0 unspecified atom stereocenters. The molecule has 0 radical (unpaired) electrons. The van der Waals surface area contributed by atoms with Crippen LogP contribution in [0, 0.1) is 27.7 Å². The van der Waals surface area contributed by atoms with Gasteiger partial charge in [0.25, 0.3) is 0 Å². The molecular weight excluding hydrogens is 560 g/mol. The van der Waals surface area contributed by atoms with Gasteiger partial charge in [0.1, 0.15) is 0 Å². The van der Waals surface area contributed by atoms with Gasteiger partial charge in [-0.05, 0) is 124 Å². The molecule has 0 aliphatic heterocycles. The molecule has 46 heavy (non-hydrogen) atoms. The Balaban J connectivity index is 2.10. The molecule has 0 N–H and O–H groups in total. The molecule has 0 spiro atoms. The van der Waals surface area contributed by atoms with Crippen LogP contribution in [-0.4, -0.2) is 22.8 Å². The summed E-state index contributed by atoms with van der Waals surface area (Å²) in [6.07, 6.45) is 0. The van der Waals surface area contributed by atoms with E-state index in [-0.39, 0.29) is 0 Å². The zero-order valence-corrected chi connectivity index (χ0v) is 31.6. The van der Waals surface area contributed by atoms with E-state index >= 15 is 0 Å². The van der Waals surface area contributed by atoms with Crippen molar-refractivity contribution in [3.8, 4) is 0 Å². The summed E-state index contributed by atoms with van der Waals surface area (Å²) in [4.78, 5) is 20.8. The van der Waals surface area contributed by atoms with Gasteiger partial charge in [0.2, 0.25) is 0 Å². The van der Waals surface area contributed by atoms with Crippen LogP contribution in [0.3, 0.4) is 0 Å². The van der Waals surface area contributed by atoms with Crippen LogP contribution in [-0.2, 0) is 0 Å². The van der Waals surface area contributed by atoms with Gasteiger partial charge in [0, 0.05) is 0 Å². The molecule has 0 aliphatic carbocycles. The Bertz CT molecular complexity index is 1500. The highest BCUT2D eigenvalue weighted by Gasteiger charge is 2.18. The fraction of sp³-hybridized carbons (Fsp3) is 0.476. The standard InChI is InChI=1S/C42H58N4/c1-23(2)35-19-17-20-36(24(3)4)41(35)45-33(15)31(13)43-39-27(9)29(11)40(30(12)28(39)10)44-32(14)34(16)46-42-37(25(5)6)21-18-22-38(42)26(7)8/h17-26H,1-16H3. The highest BCUT2D eigenvalue weighted by molar-refractivity contribution is 6.42. The van der Waals surface area contributed by atoms with E-state index in [2.05, 4.69) is 147 Å². The Morgan fingerprint density at radius 1 is 0.370 bits per heavy atom. The first-order valence-corrected chi connectivity index (χ1v) is 17.1. The molecule has 4 nitrogen and oxygen atoms in total. The quantitative estimate of drug-likeness (QED) is 0.203. The smallest absolute Gasteiger partial charge is 0.0702 e. The van der Waals surface area contributed by atoms with Crippen molar-refractivity contribution in [2.24, 2.45) is 20.0 Å². The average Bonchev–Trinajstić information content (AvgIpc) is 2.99. The maximum absolute atomic E-state index is 5.20. The highest BCUT2D eigenvalue weighted by Crippen LogP contribution is 2.39. The lowest BCUT2D eigenvalue weighted by Crippen LogP contribution is -2.08. The molecule has 0 fully saturated rings. The van der Waals surface area contributed by atoms with Crippen molar-refractivity contribution in [1.29, 1.82) is 0 Å². The fourth-order valence-corrected chi connectivity index (χ4v) is 5.88. The van der Waals surface area contributed by atoms with Gasteiger partial charge in [-0.15, -0.1) is 0 Å². The van der Waals surface area contributed by atoms with E-state index in [1.54, 1.807) is 0 Å². The second-order valence-corrected chi connectivity index (χ2v) is 14.2. The SMILES string of the molecule is CC(=Nc1c(C(C)C)cccc1C(C)C)C(C)=Nc1c(C)c(C)c(N=C(C)C(C)=Nc2c(C(C)C)cccc2C(C)C)c(C)c1C. The number of hydrogen-bond donors (Lipinski definition) is 0. The molecule has 0 aliphatic rings. The first kappa shape index (κ1) is 36.8. The van der Waals surface area contributed by atoms with Gasteiger partial charge in [-0.1, -0.05) is 91.8 Å². The van der Waals surface area contributed by atoms with E-state index in [0.717, 1.165) is 67.9 Å². The minimum absolute atomic E-state index is 0.393. The van der Waals surface area contributed by atoms with E-state index in [9.17, 15) is 0 Å². The lowest BCUT2D eigenvalue weighted by Gasteiger charge is -2.19. The molecule has 0 heterocycles. The van der Waals surface area contributed by atoms with Crippen LogP contribution in [0.15, 0.2) is 56.4 Å². The summed E-state index contributed by atoms with van der Waals surface area (Å²) in [6, 6.07) is 13.1. The summed E-state index contributed by atoms with van der Waals surface area (Å²) < 4.78 is 0. The molecule has 3 aromatic rings. The van der Waals surface area contributed by atoms with Gasteiger partial charge in [0.05, 0.1) is 45.6 Å². The van der Waals surface area contributed by atoms with Gasteiger partial charge in [-0.25, -0.2) is 0 Å². The summed E-state index contributed by atoms with van der Waals surface area (Å²) in [7, 11) is 0. The molecule has 3 aromatic carbocycles. The second kappa shape index (κ2) is 15.3. The van der Waals surface area contributed by atoms with E-state index in [4.69, 9.17) is 20.0 Å². The molecule has 0 aromatic heterocycles. The molecule has 0 saturated carbocycles. The van der Waals surface area contributed by atoms with Crippen molar-refractivity contribution in [3.05, 3.63) is 80.9 Å². The number of benzene rings is 3. The largest absolute Gasteiger partial charge is 0.251 e. The van der Waals surface area contributed by atoms with Crippen molar-refractivity contribution in [2.75, 3.05) is 0 Å². The highest BCUT2D eigenvalue weighted by atomic mass is 14.8. The van der Waals surface area contributed by atoms with Crippen LogP contribution in [0.25, 0.3) is 0 Å². The normalized spacial score (nSPS) is 13.7. The van der Waals surface area contributed by atoms with Crippen molar-refractivity contribution < 1.29 is 0 Å². The van der Waals surface area contributed by atoms with Gasteiger partial charge in [-0.3, -0.25) is 20.0 Å². The van der Waals surface area contributed by atoms with Crippen LogP contribution in [0.1, 0.15) is 151 Å². The summed E-state index contributed by atoms with van der Waals surface area (Å²) in [5.41, 5.74) is 17.7. The lowest BCUT2D eigenvalue weighted by atomic mass is 9.93. The van der Waals surface area contributed by atoms with Gasteiger partial charge < -0.3 is 0 Å². The number of hydrogen-bond acceptors (Lipinski definition) is 4. The zero-order valence-electron chi connectivity index (χ0n) is 31.6. The van der Waals surface area contributed by atoms with Crippen LogP contribution >= 0.6 is 0 Å². The van der Waals surface area contributed by atoms with Crippen molar-refractivity contribution in [2.45, 2.75) is 134 Å². The minimum atomic E-state index is 0.393. The Morgan fingerprint density at radius 2 is 0.565 bits per heavy atom. The van der Waals surface area contributed by atoms with E-state index < -0.39 is 0 Å². The predicted octanol–water partition coefficient (Wildman–Crippen LogP) is 13.2. The molecule has 0 saturated heterocycles. The predicted molar refractivity (Wildman–Crippen MR) is 206 cm³/mol. The third-order valence-corrected chi connectivity index (χ3v) is 9.40. The van der Waals surface area contributed by atoms with Crippen molar-refractivity contribution in [1.82, 2.24) is 0 Å². The summed E-state index contributed by atoms with van der Waals surface area (Å²) in [6.45, 7) is 34.8. The van der Waals surface area contributed by atoms with Crippen LogP contribution in [0.5, 0.6) is 0 Å². The maximum atomic E-state index is 5.20. The van der Waals surface area contributed by atoms with Gasteiger partial charge in [-0.2, -0.15) is 0 Å². The van der Waals surface area contributed by atoms with Crippen LogP contribution in [0.2, 0.25) is 0 Å². The molecule has 4 heteroatoms. The lowest BCUT2D eigenvalue weighted by molar-refractivity contribution is 0.834. The Hall–Kier alpha value is -3.66. The number of para-hydroxylation sites is 2. The Morgan fingerprint density at radius 3 is 0.761 bits per heavy atom. The summed E-state index contributed by atoms with van der Waals surface area (Å²) in [5, 5.41) is 0. The maximum Gasteiger partial charge on any atom is 0.0702 e. The molecule has 0 amide bonds. The monoisotopic (exact) mass is 618 g/mol. The zero-order chi connectivity index (χ0) is 34.6. The summed E-state index contributed by atoms with van der Waals surface area (Å²) in [5.74, 6) is 1.57. The Kier molecular flexibility index (Phi) is 12.2. The fourth-order valence-electron chi connectivity index (χ4n) is 5.88. The van der Waals surface area contributed by atoms with E-state index in [0.29, 0.717) is 23.7 Å². The van der Waals surface area contributed by atoms with Gasteiger partial charge >= 0.3 is 0 Å². The van der Waals surface area contributed by atoms with Crippen molar-refractivity contribution in [3.63, 3.8) is 0 Å². The number of rotatable bonds is 10. The molecule has 0 bridgehead atoms. The van der Waals surface area contributed by atoms with E-state index in [1.165, 1.54) is 22.3 Å². The first-order chi connectivity index (χ1) is 21.5. The third kappa shape index (κ3) is 8.00. The second-order valence-electron chi connectivity index (χ2n) is 14.2. The summed E-state index contributed by atoms with van der Waals surface area (Å²) >= 11 is 0. The first-order valence-electron chi connectivity index (χ1n) is 17.1. The van der Waals surface area contributed by atoms with Crippen LogP contribution < -0.4 is 0 Å².